The lowest BCUT2D eigenvalue weighted by Gasteiger charge is -2.31. The van der Waals surface area contributed by atoms with Crippen LogP contribution < -0.4 is 8.92 Å². The van der Waals surface area contributed by atoms with Crippen LogP contribution in [0.1, 0.15) is 18.7 Å². The second-order valence-electron chi connectivity index (χ2n) is 9.22. The van der Waals surface area contributed by atoms with Gasteiger partial charge in [0.05, 0.1) is 40.5 Å². The van der Waals surface area contributed by atoms with Gasteiger partial charge in [-0.3, -0.25) is 14.5 Å². The maximum Gasteiger partial charge on any atom is 0.534 e. The van der Waals surface area contributed by atoms with E-state index in [1.807, 2.05) is 6.92 Å². The van der Waals surface area contributed by atoms with Crippen molar-refractivity contribution in [3.05, 3.63) is 54.2 Å². The molecule has 0 fully saturated rings. The smallest absolute Gasteiger partial charge is 0.489 e. The number of fused-ring (bicyclic) bond motifs is 2. The number of alkyl halides is 3. The second kappa shape index (κ2) is 11.3. The number of amides is 1. The van der Waals surface area contributed by atoms with Crippen LogP contribution in [0.3, 0.4) is 0 Å². The molecule has 1 aliphatic rings. The molecule has 1 aliphatic heterocycles. The van der Waals surface area contributed by atoms with E-state index in [0.29, 0.717) is 33.9 Å². The Morgan fingerprint density at radius 3 is 2.76 bits per heavy atom. The number of carbonyl (C=O) groups is 1. The van der Waals surface area contributed by atoms with E-state index in [9.17, 15) is 26.4 Å². The third-order valence-electron chi connectivity index (χ3n) is 6.39. The van der Waals surface area contributed by atoms with E-state index >= 15 is 0 Å². The first kappa shape index (κ1) is 29.5. The molecule has 4 aromatic heterocycles. The van der Waals surface area contributed by atoms with Gasteiger partial charge in [-0.05, 0) is 42.6 Å². The standard InChI is InChI=1S/C26H24F3N5O6S2/c1-4-20(35)33-13-15(2)34-16(14-33)12-18(32-34)22-21(23-19(6-5-8-30-23)39-10-9-38-3)24-17(7-11-41-24)25(31-22)40-42(36,37)26(27,28)29/h4-8,11-12,15H,1,9-10,13-14H2,2-3H3. The first-order valence-corrected chi connectivity index (χ1v) is 14.7. The number of methoxy groups -OCH3 is 1. The van der Waals surface area contributed by atoms with E-state index in [4.69, 9.17) is 9.47 Å². The molecule has 0 spiro atoms. The molecule has 1 amide bonds. The number of pyridine rings is 2. The highest BCUT2D eigenvalue weighted by molar-refractivity contribution is 7.88. The summed E-state index contributed by atoms with van der Waals surface area (Å²) < 4.78 is 81.6. The minimum atomic E-state index is -6.04. The molecule has 1 unspecified atom stereocenters. The van der Waals surface area contributed by atoms with E-state index in [0.717, 1.165) is 11.3 Å². The molecular weight excluding hydrogens is 599 g/mol. The lowest BCUT2D eigenvalue weighted by Crippen LogP contribution is -2.39. The topological polar surface area (TPSA) is 126 Å². The zero-order valence-electron chi connectivity index (χ0n) is 22.3. The Hall–Kier alpha value is -4.02. The molecule has 11 nitrogen and oxygen atoms in total. The summed E-state index contributed by atoms with van der Waals surface area (Å²) in [6.45, 7) is 6.39. The fraction of sp³-hybridized carbons (Fsp3) is 0.308. The summed E-state index contributed by atoms with van der Waals surface area (Å²) in [5.74, 6) is -0.694. The van der Waals surface area contributed by atoms with Gasteiger partial charge in [0, 0.05) is 19.9 Å². The van der Waals surface area contributed by atoms with Crippen molar-refractivity contribution in [3.63, 3.8) is 0 Å². The summed E-state index contributed by atoms with van der Waals surface area (Å²) in [5, 5.41) is 6.27. The van der Waals surface area contributed by atoms with Crippen LogP contribution >= 0.6 is 11.3 Å². The summed E-state index contributed by atoms with van der Waals surface area (Å²) in [6.07, 6.45) is 2.72. The quantitative estimate of drug-likeness (QED) is 0.114. The molecule has 0 aliphatic carbocycles. The van der Waals surface area contributed by atoms with Crippen molar-refractivity contribution in [1.82, 2.24) is 24.6 Å². The second-order valence-corrected chi connectivity index (χ2v) is 11.7. The number of hydrogen-bond acceptors (Lipinski definition) is 10. The summed E-state index contributed by atoms with van der Waals surface area (Å²) >= 11 is 1.13. The Labute approximate surface area is 242 Å². The number of ether oxygens (including phenoxy) is 2. The van der Waals surface area contributed by atoms with Crippen LogP contribution in [0.15, 0.2) is 48.5 Å². The zero-order chi connectivity index (χ0) is 30.2. The molecular formula is C26H24F3N5O6S2. The Morgan fingerprint density at radius 2 is 2.05 bits per heavy atom. The Bertz CT molecular complexity index is 1770. The molecule has 0 aromatic carbocycles. The first-order chi connectivity index (χ1) is 19.9. The number of thiophene rings is 1. The Balaban J connectivity index is 1.75. The number of aromatic nitrogens is 4. The third-order valence-corrected chi connectivity index (χ3v) is 8.27. The molecule has 0 saturated carbocycles. The van der Waals surface area contributed by atoms with Crippen molar-refractivity contribution in [2.24, 2.45) is 0 Å². The average Bonchev–Trinajstić information content (AvgIpc) is 3.60. The normalized spacial score (nSPS) is 15.5. The first-order valence-electron chi connectivity index (χ1n) is 12.4. The predicted octanol–water partition coefficient (Wildman–Crippen LogP) is 4.56. The lowest BCUT2D eigenvalue weighted by atomic mass is 10.0. The molecule has 5 heterocycles. The molecule has 0 bridgehead atoms. The van der Waals surface area contributed by atoms with Crippen molar-refractivity contribution in [2.75, 3.05) is 26.9 Å². The summed E-state index contributed by atoms with van der Waals surface area (Å²) in [5.41, 5.74) is -4.17. The SMILES string of the molecule is C=CC(=O)N1Cc2cc(-c3nc(OS(=O)(=O)C(F)(F)F)c4ccsc4c3-c3ncccc3OCCOC)nn2C(C)C1. The van der Waals surface area contributed by atoms with Gasteiger partial charge < -0.3 is 18.6 Å². The molecule has 42 heavy (non-hydrogen) atoms. The Morgan fingerprint density at radius 1 is 1.26 bits per heavy atom. The van der Waals surface area contributed by atoms with E-state index in [1.54, 1.807) is 33.2 Å². The maximum absolute atomic E-state index is 13.3. The van der Waals surface area contributed by atoms with Gasteiger partial charge in [0.2, 0.25) is 11.8 Å². The molecule has 1 atom stereocenters. The number of rotatable bonds is 9. The van der Waals surface area contributed by atoms with Crippen molar-refractivity contribution in [3.8, 4) is 34.3 Å². The highest BCUT2D eigenvalue weighted by Crippen LogP contribution is 2.45. The van der Waals surface area contributed by atoms with Gasteiger partial charge >= 0.3 is 15.6 Å². The summed E-state index contributed by atoms with van der Waals surface area (Å²) in [4.78, 5) is 22.7. The van der Waals surface area contributed by atoms with Crippen molar-refractivity contribution in [2.45, 2.75) is 25.0 Å². The van der Waals surface area contributed by atoms with Crippen LogP contribution in [0, 0.1) is 0 Å². The lowest BCUT2D eigenvalue weighted by molar-refractivity contribution is -0.127. The van der Waals surface area contributed by atoms with Gasteiger partial charge in [-0.1, -0.05) is 6.58 Å². The van der Waals surface area contributed by atoms with Gasteiger partial charge in [0.15, 0.2) is 0 Å². The fourth-order valence-corrected chi connectivity index (χ4v) is 5.91. The molecule has 0 radical (unpaired) electrons. The van der Waals surface area contributed by atoms with Gasteiger partial charge in [-0.2, -0.15) is 26.7 Å². The molecule has 0 saturated heterocycles. The average molecular weight is 624 g/mol. The number of nitrogens with zero attached hydrogens (tertiary/aromatic N) is 5. The van der Waals surface area contributed by atoms with Gasteiger partial charge in [0.1, 0.15) is 29.4 Å². The highest BCUT2D eigenvalue weighted by atomic mass is 32.2. The van der Waals surface area contributed by atoms with E-state index < -0.39 is 21.5 Å². The predicted molar refractivity (Wildman–Crippen MR) is 147 cm³/mol. The number of carbonyl (C=O) groups excluding carboxylic acids is 1. The maximum atomic E-state index is 13.3. The van der Waals surface area contributed by atoms with Gasteiger partial charge in [-0.15, -0.1) is 11.3 Å². The molecule has 222 valence electrons. The van der Waals surface area contributed by atoms with Crippen molar-refractivity contribution < 1.29 is 40.0 Å². The molecule has 16 heteroatoms. The van der Waals surface area contributed by atoms with Crippen molar-refractivity contribution >= 4 is 37.4 Å². The molecule has 5 rings (SSSR count). The summed E-state index contributed by atoms with van der Waals surface area (Å²) in [7, 11) is -4.52. The van der Waals surface area contributed by atoms with Crippen LogP contribution in [-0.4, -0.2) is 71.3 Å². The highest BCUT2D eigenvalue weighted by Gasteiger charge is 2.49. The van der Waals surface area contributed by atoms with Gasteiger partial charge in [-0.25, -0.2) is 4.98 Å². The Kier molecular flexibility index (Phi) is 7.96. The fourth-order valence-electron chi connectivity index (χ4n) is 4.55. The van der Waals surface area contributed by atoms with E-state index in [1.165, 1.54) is 25.4 Å². The van der Waals surface area contributed by atoms with Crippen LogP contribution in [0.4, 0.5) is 13.2 Å². The molecule has 0 N–H and O–H groups in total. The van der Waals surface area contributed by atoms with Crippen molar-refractivity contribution in [1.29, 1.82) is 0 Å². The van der Waals surface area contributed by atoms with Crippen LogP contribution in [-0.2, 0) is 26.2 Å². The zero-order valence-corrected chi connectivity index (χ0v) is 23.9. The number of halogens is 3. The monoisotopic (exact) mass is 623 g/mol. The van der Waals surface area contributed by atoms with E-state index in [2.05, 4.69) is 25.8 Å². The van der Waals surface area contributed by atoms with Crippen LogP contribution in [0.5, 0.6) is 11.6 Å². The minimum Gasteiger partial charge on any atom is -0.489 e. The largest absolute Gasteiger partial charge is 0.534 e. The molecule has 4 aromatic rings. The van der Waals surface area contributed by atoms with Crippen LogP contribution in [0.25, 0.3) is 32.7 Å². The van der Waals surface area contributed by atoms with Gasteiger partial charge in [0.25, 0.3) is 0 Å². The minimum absolute atomic E-state index is 0.0170. The number of hydrogen-bond donors (Lipinski definition) is 0. The summed E-state index contributed by atoms with van der Waals surface area (Å²) in [6, 6.07) is 6.11. The van der Waals surface area contributed by atoms with Crippen LogP contribution in [0.2, 0.25) is 0 Å². The van der Waals surface area contributed by atoms with E-state index in [-0.39, 0.29) is 48.5 Å². The third kappa shape index (κ3) is 5.44.